The summed E-state index contributed by atoms with van der Waals surface area (Å²) in [5, 5.41) is 18.2. The van der Waals surface area contributed by atoms with E-state index >= 15 is 0 Å². The third kappa shape index (κ3) is 7.09. The molecule has 4 nitrogen and oxygen atoms in total. The maximum Gasteiger partial charge on any atom is 0.0540 e. The Balaban J connectivity index is 1.89. The van der Waals surface area contributed by atoms with Gasteiger partial charge in [0.2, 0.25) is 0 Å². The molecular formula is C22H34N2O2. The molecule has 1 aromatic carbocycles. The lowest BCUT2D eigenvalue weighted by molar-refractivity contribution is 0.0524. The zero-order valence-electron chi connectivity index (χ0n) is 16.3. The Morgan fingerprint density at radius 1 is 1.12 bits per heavy atom. The van der Waals surface area contributed by atoms with Crippen LogP contribution in [0.3, 0.4) is 0 Å². The van der Waals surface area contributed by atoms with E-state index in [0.717, 1.165) is 50.6 Å². The minimum atomic E-state index is 0.114. The Bertz CT molecular complexity index is 574. The summed E-state index contributed by atoms with van der Waals surface area (Å²) in [5.74, 6) is 6.75. The second-order valence-electron chi connectivity index (χ2n) is 7.59. The quantitative estimate of drug-likeness (QED) is 0.700. The van der Waals surface area contributed by atoms with Gasteiger partial charge in [0.25, 0.3) is 0 Å². The van der Waals surface area contributed by atoms with Crippen molar-refractivity contribution in [2.75, 3.05) is 39.4 Å². The van der Waals surface area contributed by atoms with Crippen LogP contribution >= 0.6 is 0 Å². The molecule has 1 aromatic rings. The van der Waals surface area contributed by atoms with Crippen molar-refractivity contribution in [1.29, 1.82) is 0 Å². The fourth-order valence-corrected chi connectivity index (χ4v) is 3.41. The van der Waals surface area contributed by atoms with Crippen molar-refractivity contribution in [1.82, 2.24) is 9.80 Å². The highest BCUT2D eigenvalue weighted by Gasteiger charge is 2.26. The normalized spacial score (nSPS) is 18.7. The molecule has 1 aliphatic heterocycles. The molecule has 0 saturated carbocycles. The summed E-state index contributed by atoms with van der Waals surface area (Å²) in [6.45, 7) is 10.2. The first-order valence-corrected chi connectivity index (χ1v) is 9.88. The molecule has 1 atom stereocenters. The van der Waals surface area contributed by atoms with Crippen molar-refractivity contribution in [3.63, 3.8) is 0 Å². The number of benzene rings is 1. The highest BCUT2D eigenvalue weighted by molar-refractivity contribution is 5.36. The van der Waals surface area contributed by atoms with Crippen LogP contribution in [0.5, 0.6) is 0 Å². The molecule has 2 rings (SSSR count). The van der Waals surface area contributed by atoms with Crippen molar-refractivity contribution in [2.24, 2.45) is 5.92 Å². The lowest BCUT2D eigenvalue weighted by Crippen LogP contribution is -2.53. The van der Waals surface area contributed by atoms with Crippen LogP contribution in [-0.2, 0) is 6.54 Å². The molecule has 1 heterocycles. The molecule has 0 amide bonds. The van der Waals surface area contributed by atoms with Crippen LogP contribution in [-0.4, -0.2) is 65.4 Å². The Hall–Kier alpha value is -1.38. The zero-order chi connectivity index (χ0) is 18.8. The molecule has 0 bridgehead atoms. The number of rotatable bonds is 8. The van der Waals surface area contributed by atoms with E-state index in [1.165, 1.54) is 12.0 Å². The summed E-state index contributed by atoms with van der Waals surface area (Å²) in [4.78, 5) is 5.06. The van der Waals surface area contributed by atoms with Gasteiger partial charge in [-0.2, -0.15) is 0 Å². The van der Waals surface area contributed by atoms with Gasteiger partial charge >= 0.3 is 0 Å². The summed E-state index contributed by atoms with van der Waals surface area (Å²) < 4.78 is 0. The molecule has 144 valence electrons. The number of nitrogens with zero attached hydrogens (tertiary/aromatic N) is 2. The SMILES string of the molecule is CC(C)CCN1CCN(Cc2ccc(C#CCCO)cc2)C[C@@H]1CCO. The average Bonchev–Trinajstić information content (AvgIpc) is 2.63. The standard InChI is InChI=1S/C22H34N2O2/c1-19(2)10-12-24-14-13-23(18-22(24)11-16-26)17-21-8-6-20(7-9-21)5-3-4-15-25/h6-9,19,22,25-26H,4,10-18H2,1-2H3/t22-/m0/s1. The topological polar surface area (TPSA) is 46.9 Å². The Morgan fingerprint density at radius 2 is 1.88 bits per heavy atom. The molecule has 0 spiro atoms. The van der Waals surface area contributed by atoms with Crippen LogP contribution in [0.15, 0.2) is 24.3 Å². The van der Waals surface area contributed by atoms with Gasteiger partial charge < -0.3 is 10.2 Å². The average molecular weight is 359 g/mol. The molecule has 0 aromatic heterocycles. The van der Waals surface area contributed by atoms with Gasteiger partial charge in [-0.15, -0.1) is 0 Å². The highest BCUT2D eigenvalue weighted by atomic mass is 16.3. The molecular weight excluding hydrogens is 324 g/mol. The first-order chi connectivity index (χ1) is 12.6. The third-order valence-corrected chi connectivity index (χ3v) is 4.97. The molecule has 0 aliphatic carbocycles. The van der Waals surface area contributed by atoms with Crippen LogP contribution in [0.1, 0.15) is 44.2 Å². The van der Waals surface area contributed by atoms with Gasteiger partial charge in [0, 0.05) is 50.8 Å². The molecule has 1 aliphatic rings. The van der Waals surface area contributed by atoms with Gasteiger partial charge in [-0.3, -0.25) is 9.80 Å². The van der Waals surface area contributed by atoms with E-state index in [9.17, 15) is 5.11 Å². The molecule has 2 N–H and O–H groups in total. The Morgan fingerprint density at radius 3 is 2.54 bits per heavy atom. The van der Waals surface area contributed by atoms with Crippen LogP contribution in [0.25, 0.3) is 0 Å². The zero-order valence-corrected chi connectivity index (χ0v) is 16.3. The third-order valence-electron chi connectivity index (χ3n) is 4.97. The first-order valence-electron chi connectivity index (χ1n) is 9.88. The number of hydrogen-bond donors (Lipinski definition) is 2. The van der Waals surface area contributed by atoms with Gasteiger partial charge in [-0.25, -0.2) is 0 Å². The van der Waals surface area contributed by atoms with E-state index in [1.807, 2.05) is 0 Å². The van der Waals surface area contributed by atoms with E-state index in [2.05, 4.69) is 59.8 Å². The van der Waals surface area contributed by atoms with E-state index in [1.54, 1.807) is 0 Å². The van der Waals surface area contributed by atoms with E-state index in [-0.39, 0.29) is 13.2 Å². The second-order valence-corrected chi connectivity index (χ2v) is 7.59. The summed E-state index contributed by atoms with van der Waals surface area (Å²) >= 11 is 0. The molecule has 1 saturated heterocycles. The summed E-state index contributed by atoms with van der Waals surface area (Å²) in [6.07, 6.45) is 2.60. The Kier molecular flexibility index (Phi) is 9.14. The van der Waals surface area contributed by atoms with Gasteiger partial charge in [-0.1, -0.05) is 37.8 Å². The first kappa shape index (κ1) is 20.9. The molecule has 1 fully saturated rings. The lowest BCUT2D eigenvalue weighted by Gasteiger charge is -2.41. The summed E-state index contributed by atoms with van der Waals surface area (Å²) in [7, 11) is 0. The van der Waals surface area contributed by atoms with E-state index < -0.39 is 0 Å². The molecule has 26 heavy (non-hydrogen) atoms. The Labute approximate surface area is 158 Å². The minimum absolute atomic E-state index is 0.114. The number of piperazine rings is 1. The number of aliphatic hydroxyl groups is 2. The predicted octanol–water partition coefficient (Wildman–Crippen LogP) is 2.34. The van der Waals surface area contributed by atoms with Crippen LogP contribution in [0.4, 0.5) is 0 Å². The lowest BCUT2D eigenvalue weighted by atomic mass is 10.0. The van der Waals surface area contributed by atoms with Crippen LogP contribution in [0.2, 0.25) is 0 Å². The largest absolute Gasteiger partial charge is 0.396 e. The second kappa shape index (κ2) is 11.4. The van der Waals surface area contributed by atoms with Crippen LogP contribution in [0, 0.1) is 17.8 Å². The van der Waals surface area contributed by atoms with Crippen molar-refractivity contribution >= 4 is 0 Å². The van der Waals surface area contributed by atoms with Crippen molar-refractivity contribution in [3.05, 3.63) is 35.4 Å². The van der Waals surface area contributed by atoms with Crippen LogP contribution < -0.4 is 0 Å². The summed E-state index contributed by atoms with van der Waals surface area (Å²) in [5.41, 5.74) is 2.30. The maximum absolute atomic E-state index is 9.44. The fraction of sp³-hybridized carbons (Fsp3) is 0.636. The maximum atomic E-state index is 9.44. The van der Waals surface area contributed by atoms with E-state index in [4.69, 9.17) is 5.11 Å². The van der Waals surface area contributed by atoms with Gasteiger partial charge in [0.15, 0.2) is 0 Å². The van der Waals surface area contributed by atoms with Gasteiger partial charge in [0.05, 0.1) is 6.61 Å². The monoisotopic (exact) mass is 358 g/mol. The molecule has 0 unspecified atom stereocenters. The van der Waals surface area contributed by atoms with Gasteiger partial charge in [0.1, 0.15) is 0 Å². The van der Waals surface area contributed by atoms with Crippen molar-refractivity contribution < 1.29 is 10.2 Å². The number of hydrogen-bond acceptors (Lipinski definition) is 4. The van der Waals surface area contributed by atoms with Crippen molar-refractivity contribution in [2.45, 2.75) is 45.7 Å². The molecule has 0 radical (unpaired) electrons. The minimum Gasteiger partial charge on any atom is -0.396 e. The smallest absolute Gasteiger partial charge is 0.0540 e. The highest BCUT2D eigenvalue weighted by Crippen LogP contribution is 2.17. The predicted molar refractivity (Wildman–Crippen MR) is 107 cm³/mol. The summed E-state index contributed by atoms with van der Waals surface area (Å²) in [6, 6.07) is 8.87. The van der Waals surface area contributed by atoms with E-state index in [0.29, 0.717) is 12.5 Å². The van der Waals surface area contributed by atoms with Gasteiger partial charge in [-0.05, 0) is 43.0 Å². The fourth-order valence-electron chi connectivity index (χ4n) is 3.41. The molecule has 4 heteroatoms. The number of aliphatic hydroxyl groups excluding tert-OH is 2. The van der Waals surface area contributed by atoms with Crippen molar-refractivity contribution in [3.8, 4) is 11.8 Å².